The zero-order valence-electron chi connectivity index (χ0n) is 16.7. The number of benzene rings is 2. The molecular formula is C23H21ClN4O2. The molecule has 4 rings (SSSR count). The van der Waals surface area contributed by atoms with Crippen molar-refractivity contribution < 1.29 is 4.79 Å². The summed E-state index contributed by atoms with van der Waals surface area (Å²) in [6, 6.07) is 18.3. The van der Waals surface area contributed by atoms with Crippen LogP contribution in [0.25, 0.3) is 5.65 Å². The van der Waals surface area contributed by atoms with Crippen LogP contribution >= 0.6 is 11.6 Å². The lowest BCUT2D eigenvalue weighted by molar-refractivity contribution is -0.118. The van der Waals surface area contributed by atoms with Crippen molar-refractivity contribution in [3.05, 3.63) is 99.1 Å². The summed E-state index contributed by atoms with van der Waals surface area (Å²) in [7, 11) is 0. The Morgan fingerprint density at radius 2 is 1.83 bits per heavy atom. The Labute approximate surface area is 178 Å². The number of H-pyrrole nitrogens is 1. The van der Waals surface area contributed by atoms with E-state index in [4.69, 9.17) is 11.6 Å². The molecule has 6 nitrogen and oxygen atoms in total. The second-order valence-electron chi connectivity index (χ2n) is 7.14. The van der Waals surface area contributed by atoms with E-state index in [9.17, 15) is 9.59 Å². The topological polar surface area (TPSA) is 70.5 Å². The summed E-state index contributed by atoms with van der Waals surface area (Å²) in [5.41, 5.74) is 2.91. The smallest absolute Gasteiger partial charge is 0.276 e. The van der Waals surface area contributed by atoms with Gasteiger partial charge in [-0.25, -0.2) is 9.50 Å². The van der Waals surface area contributed by atoms with Crippen LogP contribution in [0.3, 0.4) is 0 Å². The number of nitrogens with one attached hydrogen (secondary N) is 1. The van der Waals surface area contributed by atoms with E-state index in [1.165, 1.54) is 4.52 Å². The molecule has 0 fully saturated rings. The molecule has 2 aromatic heterocycles. The van der Waals surface area contributed by atoms with E-state index in [2.05, 4.69) is 10.1 Å². The van der Waals surface area contributed by atoms with E-state index in [1.807, 2.05) is 49.4 Å². The van der Waals surface area contributed by atoms with Gasteiger partial charge in [-0.05, 0) is 43.7 Å². The van der Waals surface area contributed by atoms with Gasteiger partial charge in [0.25, 0.3) is 5.56 Å². The van der Waals surface area contributed by atoms with Gasteiger partial charge in [0.1, 0.15) is 0 Å². The molecule has 1 N–H and O–H groups in total. The number of carbonyl (C=O) groups excluding carboxylic acids is 1. The lowest BCUT2D eigenvalue weighted by Crippen LogP contribution is -2.37. The molecular weight excluding hydrogens is 400 g/mol. The van der Waals surface area contributed by atoms with E-state index in [0.29, 0.717) is 21.9 Å². The fourth-order valence-corrected chi connectivity index (χ4v) is 3.73. The summed E-state index contributed by atoms with van der Waals surface area (Å²) in [5, 5.41) is 3.48. The summed E-state index contributed by atoms with van der Waals surface area (Å²) >= 11 is 6.03. The van der Waals surface area contributed by atoms with Gasteiger partial charge >= 0.3 is 0 Å². The second kappa shape index (κ2) is 8.16. The van der Waals surface area contributed by atoms with Crippen LogP contribution < -0.4 is 10.5 Å². The molecule has 0 aliphatic carbocycles. The first-order valence-electron chi connectivity index (χ1n) is 9.64. The molecule has 0 saturated heterocycles. The molecule has 0 bridgehead atoms. The van der Waals surface area contributed by atoms with Crippen LogP contribution in [0.15, 0.2) is 71.7 Å². The van der Waals surface area contributed by atoms with Gasteiger partial charge in [0, 0.05) is 34.2 Å². The Hall–Kier alpha value is -3.38. The minimum atomic E-state index is -0.261. The van der Waals surface area contributed by atoms with Gasteiger partial charge < -0.3 is 4.90 Å². The molecule has 2 heterocycles. The Bertz CT molecular complexity index is 1250. The Morgan fingerprint density at radius 3 is 2.53 bits per heavy atom. The normalized spacial score (nSPS) is 12.1. The van der Waals surface area contributed by atoms with Gasteiger partial charge in [-0.3, -0.25) is 14.7 Å². The molecule has 0 spiro atoms. The Morgan fingerprint density at radius 1 is 1.13 bits per heavy atom. The molecule has 152 valence electrons. The van der Waals surface area contributed by atoms with Crippen LogP contribution in [-0.2, 0) is 11.2 Å². The van der Waals surface area contributed by atoms with Crippen molar-refractivity contribution in [3.8, 4) is 0 Å². The van der Waals surface area contributed by atoms with Crippen molar-refractivity contribution in [1.29, 1.82) is 0 Å². The molecule has 2 aromatic carbocycles. The molecule has 1 atom stereocenters. The third kappa shape index (κ3) is 3.74. The predicted molar refractivity (Wildman–Crippen MR) is 118 cm³/mol. The van der Waals surface area contributed by atoms with Gasteiger partial charge in [0.2, 0.25) is 5.91 Å². The fraction of sp³-hybridized carbons (Fsp3) is 0.174. The number of aryl methyl sites for hydroxylation is 1. The first-order valence-corrected chi connectivity index (χ1v) is 10.0. The number of amides is 1. The molecule has 1 amide bonds. The van der Waals surface area contributed by atoms with Crippen LogP contribution in [-0.4, -0.2) is 20.5 Å². The molecule has 4 aromatic rings. The number of hydrogen-bond donors (Lipinski definition) is 1. The van der Waals surface area contributed by atoms with Crippen molar-refractivity contribution in [2.45, 2.75) is 26.3 Å². The summed E-state index contributed by atoms with van der Waals surface area (Å²) in [6.45, 7) is 3.72. The van der Waals surface area contributed by atoms with Crippen LogP contribution in [0.1, 0.15) is 29.8 Å². The first kappa shape index (κ1) is 19.9. The standard InChI is InChI=1S/C23H21ClN4O2/c1-15-20(23(30)28-21(26-15)12-13-25-28)14-22(29)27(19-6-4-3-5-7-19)16(2)17-8-10-18(24)11-9-17/h3-13,16,25H,14H2,1-2H3/t16-/m1/s1. The van der Waals surface area contributed by atoms with Crippen molar-refractivity contribution in [2.75, 3.05) is 4.90 Å². The average molecular weight is 421 g/mol. The highest BCUT2D eigenvalue weighted by Gasteiger charge is 2.25. The summed E-state index contributed by atoms with van der Waals surface area (Å²) in [6.07, 6.45) is 1.60. The molecule has 30 heavy (non-hydrogen) atoms. The number of carbonyl (C=O) groups is 1. The molecule has 0 radical (unpaired) electrons. The minimum absolute atomic E-state index is 0.0492. The zero-order chi connectivity index (χ0) is 21.3. The van der Waals surface area contributed by atoms with Crippen molar-refractivity contribution in [2.24, 2.45) is 0 Å². The maximum absolute atomic E-state index is 13.5. The van der Waals surface area contributed by atoms with Crippen LogP contribution in [0.4, 0.5) is 5.69 Å². The van der Waals surface area contributed by atoms with Crippen molar-refractivity contribution >= 4 is 28.8 Å². The van der Waals surface area contributed by atoms with E-state index in [-0.39, 0.29) is 23.9 Å². The maximum atomic E-state index is 13.5. The highest BCUT2D eigenvalue weighted by atomic mass is 35.5. The van der Waals surface area contributed by atoms with Gasteiger partial charge in [-0.2, -0.15) is 0 Å². The molecule has 0 saturated carbocycles. The minimum Gasteiger partial charge on any atom is -0.305 e. The lowest BCUT2D eigenvalue weighted by Gasteiger charge is -2.30. The van der Waals surface area contributed by atoms with Crippen molar-refractivity contribution in [3.63, 3.8) is 0 Å². The summed E-state index contributed by atoms with van der Waals surface area (Å²) < 4.78 is 1.35. The van der Waals surface area contributed by atoms with Crippen LogP contribution in [0.5, 0.6) is 0 Å². The summed E-state index contributed by atoms with van der Waals surface area (Å²) in [4.78, 5) is 32.5. The van der Waals surface area contributed by atoms with Crippen molar-refractivity contribution in [1.82, 2.24) is 14.6 Å². The third-order valence-electron chi connectivity index (χ3n) is 5.22. The van der Waals surface area contributed by atoms with Crippen LogP contribution in [0.2, 0.25) is 5.02 Å². The molecule has 0 aliphatic rings. The number of anilines is 1. The van der Waals surface area contributed by atoms with Gasteiger partial charge in [0.15, 0.2) is 5.65 Å². The fourth-order valence-electron chi connectivity index (χ4n) is 3.61. The van der Waals surface area contributed by atoms with Crippen LogP contribution in [0, 0.1) is 6.92 Å². The monoisotopic (exact) mass is 420 g/mol. The molecule has 0 aliphatic heterocycles. The number of aromatic nitrogens is 3. The number of fused-ring (bicyclic) bond motifs is 1. The van der Waals surface area contributed by atoms with E-state index < -0.39 is 0 Å². The zero-order valence-corrected chi connectivity index (χ0v) is 17.4. The largest absolute Gasteiger partial charge is 0.305 e. The highest BCUT2D eigenvalue weighted by Crippen LogP contribution is 2.28. The Balaban J connectivity index is 1.73. The highest BCUT2D eigenvalue weighted by molar-refractivity contribution is 6.30. The predicted octanol–water partition coefficient (Wildman–Crippen LogP) is 4.32. The molecule has 7 heteroatoms. The number of hydrogen-bond acceptors (Lipinski definition) is 3. The van der Waals surface area contributed by atoms with E-state index in [1.54, 1.807) is 36.2 Å². The van der Waals surface area contributed by atoms with Gasteiger partial charge in [-0.15, -0.1) is 0 Å². The Kier molecular flexibility index (Phi) is 5.42. The average Bonchev–Trinajstić information content (AvgIpc) is 3.21. The maximum Gasteiger partial charge on any atom is 0.276 e. The van der Waals surface area contributed by atoms with E-state index >= 15 is 0 Å². The number of halogens is 1. The third-order valence-corrected chi connectivity index (χ3v) is 5.47. The van der Waals surface area contributed by atoms with E-state index in [0.717, 1.165) is 11.3 Å². The SMILES string of the molecule is Cc1nc2cc[nH]n2c(=O)c1CC(=O)N(c1ccccc1)[C@H](C)c1ccc(Cl)cc1. The second-order valence-corrected chi connectivity index (χ2v) is 7.58. The number of nitrogens with zero attached hydrogens (tertiary/aromatic N) is 3. The summed E-state index contributed by atoms with van der Waals surface area (Å²) in [5.74, 6) is -0.183. The molecule has 0 unspecified atom stereocenters. The van der Waals surface area contributed by atoms with Gasteiger partial charge in [0.05, 0.1) is 12.5 Å². The number of para-hydroxylation sites is 1. The van der Waals surface area contributed by atoms with Gasteiger partial charge in [-0.1, -0.05) is 41.9 Å². The number of rotatable bonds is 5. The number of aromatic amines is 1. The quantitative estimate of drug-likeness (QED) is 0.522. The first-order chi connectivity index (χ1) is 14.5. The lowest BCUT2D eigenvalue weighted by atomic mass is 10.0.